The lowest BCUT2D eigenvalue weighted by atomic mass is 10.3. The molecule has 2 aromatic rings. The third kappa shape index (κ3) is 1.75. The van der Waals surface area contributed by atoms with Crippen LogP contribution in [0.25, 0.3) is 5.65 Å². The molecule has 0 N–H and O–H groups in total. The minimum Gasteiger partial charge on any atom is -0.269 e. The van der Waals surface area contributed by atoms with Gasteiger partial charge >= 0.3 is 6.18 Å². The lowest BCUT2D eigenvalue weighted by Crippen LogP contribution is -2.20. The second-order valence-electron chi connectivity index (χ2n) is 3.05. The van der Waals surface area contributed by atoms with E-state index >= 15 is 0 Å². The minimum atomic E-state index is -4.69. The standard InChI is InChI=1S/C9H4F4N2O/c10-5-1-2-7-14-6(9(11,12)13)3-8(16)15(7)4-5/h1-4H. The minimum absolute atomic E-state index is 0.249. The van der Waals surface area contributed by atoms with Gasteiger partial charge in [0, 0.05) is 12.3 Å². The Bertz CT molecular complexity index is 602. The van der Waals surface area contributed by atoms with Crippen molar-refractivity contribution in [3.8, 4) is 0 Å². The van der Waals surface area contributed by atoms with E-state index in [0.29, 0.717) is 10.5 Å². The largest absolute Gasteiger partial charge is 0.433 e. The zero-order valence-electron chi connectivity index (χ0n) is 7.62. The summed E-state index contributed by atoms with van der Waals surface area (Å²) in [5.74, 6) is -0.726. The second kappa shape index (κ2) is 3.29. The molecule has 16 heavy (non-hydrogen) atoms. The summed E-state index contributed by atoms with van der Waals surface area (Å²) in [6, 6.07) is 2.26. The quantitative estimate of drug-likeness (QED) is 0.649. The van der Waals surface area contributed by atoms with E-state index in [0.717, 1.165) is 18.3 Å². The molecule has 0 fully saturated rings. The van der Waals surface area contributed by atoms with Crippen molar-refractivity contribution in [1.29, 1.82) is 0 Å². The number of hydrogen-bond donors (Lipinski definition) is 0. The molecule has 0 aliphatic heterocycles. The summed E-state index contributed by atoms with van der Waals surface area (Å²) in [6.07, 6.45) is -3.91. The summed E-state index contributed by atoms with van der Waals surface area (Å²) in [4.78, 5) is 14.5. The van der Waals surface area contributed by atoms with Crippen molar-refractivity contribution in [2.24, 2.45) is 0 Å². The van der Waals surface area contributed by atoms with E-state index in [2.05, 4.69) is 4.98 Å². The number of alkyl halides is 3. The Kier molecular flexibility index (Phi) is 2.18. The van der Waals surface area contributed by atoms with Crippen molar-refractivity contribution in [2.45, 2.75) is 6.18 Å². The van der Waals surface area contributed by atoms with Crippen LogP contribution in [-0.2, 0) is 6.18 Å². The topological polar surface area (TPSA) is 34.4 Å². The molecule has 0 amide bonds. The molecule has 0 aliphatic carbocycles. The molecule has 0 aliphatic rings. The maximum atomic E-state index is 12.7. The van der Waals surface area contributed by atoms with Crippen LogP contribution in [0.1, 0.15) is 5.69 Å². The van der Waals surface area contributed by atoms with Crippen LogP contribution >= 0.6 is 0 Å². The van der Waals surface area contributed by atoms with Crippen molar-refractivity contribution < 1.29 is 17.6 Å². The van der Waals surface area contributed by atoms with Crippen LogP contribution in [0.15, 0.2) is 29.2 Å². The predicted octanol–water partition coefficient (Wildman–Crippen LogP) is 1.85. The summed E-state index contributed by atoms with van der Waals surface area (Å²) in [5.41, 5.74) is -2.51. The highest BCUT2D eigenvalue weighted by atomic mass is 19.4. The summed E-state index contributed by atoms with van der Waals surface area (Å²) in [6.45, 7) is 0. The van der Waals surface area contributed by atoms with Gasteiger partial charge in [-0.25, -0.2) is 9.37 Å². The molecule has 7 heteroatoms. The van der Waals surface area contributed by atoms with Crippen molar-refractivity contribution in [3.63, 3.8) is 0 Å². The van der Waals surface area contributed by atoms with Crippen molar-refractivity contribution in [3.05, 3.63) is 46.3 Å². The van der Waals surface area contributed by atoms with Gasteiger partial charge in [-0.15, -0.1) is 0 Å². The van der Waals surface area contributed by atoms with E-state index in [1.54, 1.807) is 0 Å². The molecule has 0 saturated carbocycles. The summed E-state index contributed by atoms with van der Waals surface area (Å²) >= 11 is 0. The van der Waals surface area contributed by atoms with E-state index < -0.39 is 23.2 Å². The Morgan fingerprint density at radius 3 is 2.56 bits per heavy atom. The number of rotatable bonds is 0. The van der Waals surface area contributed by atoms with E-state index in [4.69, 9.17) is 0 Å². The van der Waals surface area contributed by atoms with Crippen LogP contribution in [0.5, 0.6) is 0 Å². The van der Waals surface area contributed by atoms with Gasteiger partial charge in [0.2, 0.25) is 0 Å². The predicted molar refractivity (Wildman–Crippen MR) is 46.4 cm³/mol. The smallest absolute Gasteiger partial charge is 0.269 e. The van der Waals surface area contributed by atoms with E-state index in [9.17, 15) is 22.4 Å². The van der Waals surface area contributed by atoms with Gasteiger partial charge in [-0.05, 0) is 12.1 Å². The van der Waals surface area contributed by atoms with Gasteiger partial charge in [0.1, 0.15) is 11.5 Å². The zero-order chi connectivity index (χ0) is 11.9. The van der Waals surface area contributed by atoms with Crippen LogP contribution in [0.4, 0.5) is 17.6 Å². The summed E-state index contributed by atoms with van der Waals surface area (Å²) < 4.78 is 50.3. The highest BCUT2D eigenvalue weighted by Gasteiger charge is 2.33. The molecule has 3 nitrogen and oxygen atoms in total. The van der Waals surface area contributed by atoms with Crippen LogP contribution < -0.4 is 5.56 Å². The van der Waals surface area contributed by atoms with E-state index in [-0.39, 0.29) is 5.65 Å². The average molecular weight is 232 g/mol. The van der Waals surface area contributed by atoms with Gasteiger partial charge in [0.15, 0.2) is 5.69 Å². The van der Waals surface area contributed by atoms with Crippen molar-refractivity contribution in [2.75, 3.05) is 0 Å². The second-order valence-corrected chi connectivity index (χ2v) is 3.05. The van der Waals surface area contributed by atoms with Gasteiger partial charge in [-0.2, -0.15) is 13.2 Å². The lowest BCUT2D eigenvalue weighted by Gasteiger charge is -2.06. The fourth-order valence-corrected chi connectivity index (χ4v) is 1.22. The molecule has 0 bridgehead atoms. The summed E-state index contributed by atoms with van der Waals surface area (Å²) in [5, 5.41) is 0. The first-order valence-electron chi connectivity index (χ1n) is 4.14. The van der Waals surface area contributed by atoms with Crippen molar-refractivity contribution >= 4 is 5.65 Å². The third-order valence-corrected chi connectivity index (χ3v) is 1.91. The fraction of sp³-hybridized carbons (Fsp3) is 0.111. The average Bonchev–Trinajstić information content (AvgIpc) is 2.17. The normalized spacial score (nSPS) is 12.0. The Labute approximate surface area is 86.0 Å². The highest BCUT2D eigenvalue weighted by molar-refractivity contribution is 5.38. The lowest BCUT2D eigenvalue weighted by molar-refractivity contribution is -0.141. The van der Waals surface area contributed by atoms with Gasteiger partial charge in [-0.3, -0.25) is 9.20 Å². The number of halogens is 4. The zero-order valence-corrected chi connectivity index (χ0v) is 7.62. The number of aromatic nitrogens is 2. The monoisotopic (exact) mass is 232 g/mol. The first kappa shape index (κ1) is 10.6. The SMILES string of the molecule is O=c1cc(C(F)(F)F)nc2ccc(F)cn12. The van der Waals surface area contributed by atoms with Crippen LogP contribution in [0.3, 0.4) is 0 Å². The Morgan fingerprint density at radius 2 is 1.94 bits per heavy atom. The van der Waals surface area contributed by atoms with E-state index in [1.165, 1.54) is 0 Å². The van der Waals surface area contributed by atoms with Gasteiger partial charge in [0.25, 0.3) is 5.56 Å². The molecule has 0 aromatic carbocycles. The first-order valence-corrected chi connectivity index (χ1v) is 4.14. The third-order valence-electron chi connectivity index (χ3n) is 1.91. The maximum absolute atomic E-state index is 12.7. The first-order chi connectivity index (χ1) is 7.38. The highest BCUT2D eigenvalue weighted by Crippen LogP contribution is 2.26. The molecule has 0 radical (unpaired) electrons. The Morgan fingerprint density at radius 1 is 1.25 bits per heavy atom. The molecule has 2 aromatic heterocycles. The van der Waals surface area contributed by atoms with Gasteiger partial charge in [-0.1, -0.05) is 0 Å². The molecule has 0 unspecified atom stereocenters. The van der Waals surface area contributed by atoms with Crippen LogP contribution in [0.2, 0.25) is 0 Å². The molecule has 2 heterocycles. The molecule has 0 atom stereocenters. The molecule has 84 valence electrons. The van der Waals surface area contributed by atoms with Crippen molar-refractivity contribution in [1.82, 2.24) is 9.38 Å². The van der Waals surface area contributed by atoms with Gasteiger partial charge < -0.3 is 0 Å². The number of pyridine rings is 1. The Hall–Kier alpha value is -1.92. The Balaban J connectivity index is 2.79. The molecule has 0 saturated heterocycles. The van der Waals surface area contributed by atoms with E-state index in [1.807, 2.05) is 0 Å². The van der Waals surface area contributed by atoms with Crippen LogP contribution in [0, 0.1) is 5.82 Å². The molecule has 0 spiro atoms. The number of fused-ring (bicyclic) bond motifs is 1. The molecule has 2 rings (SSSR count). The van der Waals surface area contributed by atoms with Gasteiger partial charge in [0.05, 0.1) is 0 Å². The summed E-state index contributed by atoms with van der Waals surface area (Å²) in [7, 11) is 0. The molecular weight excluding hydrogens is 228 g/mol. The maximum Gasteiger partial charge on any atom is 0.433 e. The van der Waals surface area contributed by atoms with Crippen LogP contribution in [-0.4, -0.2) is 9.38 Å². The fourth-order valence-electron chi connectivity index (χ4n) is 1.22. The number of hydrogen-bond acceptors (Lipinski definition) is 2. The number of nitrogens with zero attached hydrogens (tertiary/aromatic N) is 2. The molecular formula is C9H4F4N2O.